The zero-order valence-electron chi connectivity index (χ0n) is 8.02. The lowest BCUT2D eigenvalue weighted by Gasteiger charge is -2.16. The van der Waals surface area contributed by atoms with Gasteiger partial charge in [-0.25, -0.2) is 8.78 Å². The molecule has 92 valence electrons. The van der Waals surface area contributed by atoms with E-state index in [-0.39, 0.29) is 5.33 Å². The second kappa shape index (κ2) is 4.96. The van der Waals surface area contributed by atoms with E-state index in [2.05, 4.69) is 20.9 Å². The average Bonchev–Trinajstić information content (AvgIpc) is 2.25. The van der Waals surface area contributed by atoms with Crippen LogP contribution in [-0.4, -0.2) is 4.98 Å². The number of aromatic nitrogens is 1. The standard InChI is InChI=1S/C9H4BrF5N2/c10-1-5-7(9(13,14)15)6(8(11)12)4(2-16)3-17-5/h3,8H,1H2. The lowest BCUT2D eigenvalue weighted by molar-refractivity contribution is -0.140. The molecule has 0 saturated carbocycles. The van der Waals surface area contributed by atoms with Crippen LogP contribution in [0.4, 0.5) is 22.0 Å². The average molecular weight is 315 g/mol. The molecule has 1 rings (SSSR count). The second-order valence-corrected chi connectivity index (χ2v) is 3.51. The predicted molar refractivity (Wildman–Crippen MR) is 51.5 cm³/mol. The zero-order valence-corrected chi connectivity index (χ0v) is 9.61. The third-order valence-electron chi connectivity index (χ3n) is 1.95. The van der Waals surface area contributed by atoms with Gasteiger partial charge in [0.2, 0.25) is 0 Å². The minimum atomic E-state index is -4.98. The van der Waals surface area contributed by atoms with Gasteiger partial charge in [-0.05, 0) is 0 Å². The van der Waals surface area contributed by atoms with Gasteiger partial charge in [-0.1, -0.05) is 15.9 Å². The smallest absolute Gasteiger partial charge is 0.258 e. The lowest BCUT2D eigenvalue weighted by Crippen LogP contribution is -2.15. The highest BCUT2D eigenvalue weighted by molar-refractivity contribution is 9.08. The monoisotopic (exact) mass is 314 g/mol. The molecule has 2 nitrogen and oxygen atoms in total. The van der Waals surface area contributed by atoms with Crippen molar-refractivity contribution >= 4 is 15.9 Å². The summed E-state index contributed by atoms with van der Waals surface area (Å²) in [5, 5.41) is 8.19. The van der Waals surface area contributed by atoms with Crippen LogP contribution in [0.1, 0.15) is 28.8 Å². The maximum Gasteiger partial charge on any atom is 0.418 e. The van der Waals surface area contributed by atoms with Crippen LogP contribution in [0.25, 0.3) is 0 Å². The fourth-order valence-corrected chi connectivity index (χ4v) is 1.73. The van der Waals surface area contributed by atoms with Crippen LogP contribution in [0.2, 0.25) is 0 Å². The number of halogens is 6. The molecule has 8 heteroatoms. The number of nitriles is 1. The SMILES string of the molecule is N#Cc1cnc(CBr)c(C(F)(F)F)c1C(F)F. The molecule has 0 aliphatic rings. The first kappa shape index (κ1) is 13.8. The third-order valence-corrected chi connectivity index (χ3v) is 2.48. The largest absolute Gasteiger partial charge is 0.418 e. The molecule has 0 fully saturated rings. The number of pyridine rings is 1. The number of rotatable bonds is 2. The van der Waals surface area contributed by atoms with Gasteiger partial charge in [0.15, 0.2) is 0 Å². The van der Waals surface area contributed by atoms with Crippen molar-refractivity contribution < 1.29 is 22.0 Å². The van der Waals surface area contributed by atoms with E-state index in [4.69, 9.17) is 5.26 Å². The van der Waals surface area contributed by atoms with Gasteiger partial charge in [0.05, 0.1) is 22.4 Å². The van der Waals surface area contributed by atoms with Crippen molar-refractivity contribution in [3.63, 3.8) is 0 Å². The first-order chi connectivity index (χ1) is 7.82. The minimum absolute atomic E-state index is 0.326. The summed E-state index contributed by atoms with van der Waals surface area (Å²) in [6.07, 6.45) is -7.65. The van der Waals surface area contributed by atoms with E-state index < -0.39 is 35.0 Å². The van der Waals surface area contributed by atoms with E-state index in [1.165, 1.54) is 6.07 Å². The fraction of sp³-hybridized carbons (Fsp3) is 0.333. The molecule has 0 aliphatic heterocycles. The zero-order chi connectivity index (χ0) is 13.2. The Balaban J connectivity index is 3.67. The van der Waals surface area contributed by atoms with E-state index in [1.807, 2.05) is 0 Å². The van der Waals surface area contributed by atoms with Crippen molar-refractivity contribution in [3.05, 3.63) is 28.6 Å². The summed E-state index contributed by atoms with van der Waals surface area (Å²) < 4.78 is 63.3. The van der Waals surface area contributed by atoms with Crippen molar-refractivity contribution in [2.45, 2.75) is 17.9 Å². The topological polar surface area (TPSA) is 36.7 Å². The van der Waals surface area contributed by atoms with Crippen LogP contribution < -0.4 is 0 Å². The highest BCUT2D eigenvalue weighted by atomic mass is 79.9. The van der Waals surface area contributed by atoms with Gasteiger partial charge in [-0.2, -0.15) is 18.4 Å². The maximum atomic E-state index is 12.7. The van der Waals surface area contributed by atoms with E-state index in [0.29, 0.717) is 6.20 Å². The van der Waals surface area contributed by atoms with Crippen molar-refractivity contribution in [1.29, 1.82) is 5.26 Å². The number of nitrogens with zero attached hydrogens (tertiary/aromatic N) is 2. The summed E-state index contributed by atoms with van der Waals surface area (Å²) in [5.74, 6) is 0. The van der Waals surface area contributed by atoms with Gasteiger partial charge in [0, 0.05) is 11.5 Å². The molecule has 0 amide bonds. The molecular formula is C9H4BrF5N2. The van der Waals surface area contributed by atoms with Gasteiger partial charge in [-0.15, -0.1) is 0 Å². The van der Waals surface area contributed by atoms with Crippen molar-refractivity contribution in [2.75, 3.05) is 0 Å². The summed E-state index contributed by atoms with van der Waals surface area (Å²) in [6, 6.07) is 1.28. The van der Waals surface area contributed by atoms with Crippen LogP contribution in [0.3, 0.4) is 0 Å². The van der Waals surface area contributed by atoms with E-state index in [9.17, 15) is 22.0 Å². The van der Waals surface area contributed by atoms with Crippen LogP contribution in [0.15, 0.2) is 6.20 Å². The Labute approximate surface area is 101 Å². The Morgan fingerprint density at radius 3 is 2.35 bits per heavy atom. The normalized spacial score (nSPS) is 11.6. The lowest BCUT2D eigenvalue weighted by atomic mass is 10.0. The Morgan fingerprint density at radius 2 is 2.00 bits per heavy atom. The Morgan fingerprint density at radius 1 is 1.41 bits per heavy atom. The first-order valence-electron chi connectivity index (χ1n) is 4.16. The molecule has 1 aromatic rings. The molecule has 1 heterocycles. The van der Waals surface area contributed by atoms with Crippen LogP contribution in [0, 0.1) is 11.3 Å². The number of hydrogen-bond donors (Lipinski definition) is 0. The molecule has 0 N–H and O–H groups in total. The molecule has 0 spiro atoms. The second-order valence-electron chi connectivity index (χ2n) is 2.95. The highest BCUT2D eigenvalue weighted by Gasteiger charge is 2.40. The molecule has 0 aliphatic carbocycles. The first-order valence-corrected chi connectivity index (χ1v) is 5.28. The quantitative estimate of drug-likeness (QED) is 0.615. The Bertz CT molecular complexity index is 464. The summed E-state index contributed by atoms with van der Waals surface area (Å²) in [7, 11) is 0. The minimum Gasteiger partial charge on any atom is -0.258 e. The summed E-state index contributed by atoms with van der Waals surface area (Å²) in [5.41, 5.74) is -4.18. The van der Waals surface area contributed by atoms with Crippen LogP contribution >= 0.6 is 15.9 Å². The third kappa shape index (κ3) is 2.72. The molecule has 0 bridgehead atoms. The molecule has 0 unspecified atom stereocenters. The summed E-state index contributed by atoms with van der Waals surface area (Å²) in [4.78, 5) is 3.35. The molecule has 0 atom stereocenters. The Kier molecular flexibility index (Phi) is 4.03. The molecule has 17 heavy (non-hydrogen) atoms. The van der Waals surface area contributed by atoms with Gasteiger partial charge in [0.25, 0.3) is 6.43 Å². The molecule has 0 radical (unpaired) electrons. The molecule has 1 aromatic heterocycles. The molecular weight excluding hydrogens is 311 g/mol. The van der Waals surface area contributed by atoms with E-state index in [1.54, 1.807) is 0 Å². The fourth-order valence-electron chi connectivity index (χ4n) is 1.30. The van der Waals surface area contributed by atoms with Gasteiger partial charge in [0.1, 0.15) is 6.07 Å². The maximum absolute atomic E-state index is 12.7. The predicted octanol–water partition coefficient (Wildman–Crippen LogP) is 3.80. The number of alkyl halides is 6. The highest BCUT2D eigenvalue weighted by Crippen LogP contribution is 2.39. The molecule has 0 aromatic carbocycles. The van der Waals surface area contributed by atoms with Gasteiger partial charge >= 0.3 is 6.18 Å². The van der Waals surface area contributed by atoms with E-state index in [0.717, 1.165) is 0 Å². The van der Waals surface area contributed by atoms with Gasteiger partial charge < -0.3 is 0 Å². The number of hydrogen-bond acceptors (Lipinski definition) is 2. The van der Waals surface area contributed by atoms with Crippen LogP contribution in [-0.2, 0) is 11.5 Å². The van der Waals surface area contributed by atoms with Crippen molar-refractivity contribution in [2.24, 2.45) is 0 Å². The van der Waals surface area contributed by atoms with Crippen LogP contribution in [0.5, 0.6) is 0 Å². The van der Waals surface area contributed by atoms with Crippen molar-refractivity contribution in [1.82, 2.24) is 4.98 Å². The summed E-state index contributed by atoms with van der Waals surface area (Å²) >= 11 is 2.74. The summed E-state index contributed by atoms with van der Waals surface area (Å²) in [6.45, 7) is 0. The van der Waals surface area contributed by atoms with E-state index >= 15 is 0 Å². The van der Waals surface area contributed by atoms with Crippen molar-refractivity contribution in [3.8, 4) is 6.07 Å². The Hall–Kier alpha value is -1.23. The van der Waals surface area contributed by atoms with Gasteiger partial charge in [-0.3, -0.25) is 4.98 Å². The molecule has 0 saturated heterocycles.